The van der Waals surface area contributed by atoms with Gasteiger partial charge in [0.05, 0.1) is 21.7 Å². The first kappa shape index (κ1) is 17.2. The van der Waals surface area contributed by atoms with Crippen LogP contribution in [0.15, 0.2) is 24.3 Å². The summed E-state index contributed by atoms with van der Waals surface area (Å²) in [5.41, 5.74) is 0.448. The predicted molar refractivity (Wildman–Crippen MR) is 89.8 cm³/mol. The molecule has 0 saturated carbocycles. The summed E-state index contributed by atoms with van der Waals surface area (Å²) in [6, 6.07) is 6.85. The second-order valence-corrected chi connectivity index (χ2v) is 5.60. The van der Waals surface area contributed by atoms with Crippen molar-refractivity contribution in [3.63, 3.8) is 0 Å². The number of amides is 1. The molecule has 0 fully saturated rings. The molecule has 1 aromatic carbocycles. The third kappa shape index (κ3) is 3.76. The maximum Gasteiger partial charge on any atom is 0.275 e. The van der Waals surface area contributed by atoms with E-state index >= 15 is 0 Å². The molecular formula is C14H10Cl4N2O2. The van der Waals surface area contributed by atoms with Gasteiger partial charge in [0.25, 0.3) is 5.91 Å². The third-order valence-electron chi connectivity index (χ3n) is 2.62. The van der Waals surface area contributed by atoms with Crippen LogP contribution < -0.4 is 10.1 Å². The summed E-state index contributed by atoms with van der Waals surface area (Å²) in [5.74, 6) is 0.156. The highest BCUT2D eigenvalue weighted by atomic mass is 35.5. The van der Waals surface area contributed by atoms with E-state index in [1.807, 2.05) is 6.92 Å². The molecule has 1 N–H and O–H groups in total. The molecular weight excluding hydrogens is 370 g/mol. The number of rotatable bonds is 4. The Balaban J connectivity index is 2.22. The molecule has 0 bridgehead atoms. The summed E-state index contributed by atoms with van der Waals surface area (Å²) in [6.07, 6.45) is 0. The number of aromatic nitrogens is 1. The molecule has 1 heterocycles. The van der Waals surface area contributed by atoms with Gasteiger partial charge in [-0.3, -0.25) is 4.79 Å². The quantitative estimate of drug-likeness (QED) is 0.728. The summed E-state index contributed by atoms with van der Waals surface area (Å²) in [5, 5.41) is 2.49. The normalized spacial score (nSPS) is 10.4. The average molecular weight is 380 g/mol. The van der Waals surface area contributed by atoms with Gasteiger partial charge < -0.3 is 10.1 Å². The molecule has 0 radical (unpaired) electrons. The van der Waals surface area contributed by atoms with E-state index in [9.17, 15) is 4.79 Å². The van der Waals surface area contributed by atoms with Gasteiger partial charge in [-0.15, -0.1) is 0 Å². The smallest absolute Gasteiger partial charge is 0.275 e. The molecule has 2 aromatic rings. The molecule has 0 atom stereocenters. The molecule has 0 unspecified atom stereocenters. The lowest BCUT2D eigenvalue weighted by Gasteiger charge is -2.09. The first-order chi connectivity index (χ1) is 10.4. The van der Waals surface area contributed by atoms with Crippen LogP contribution in [-0.2, 0) is 0 Å². The molecule has 0 spiro atoms. The molecule has 1 amide bonds. The van der Waals surface area contributed by atoms with E-state index in [1.165, 1.54) is 0 Å². The Hall–Kier alpha value is -1.20. The molecule has 0 saturated heterocycles. The first-order valence-corrected chi connectivity index (χ1v) is 7.69. The van der Waals surface area contributed by atoms with Gasteiger partial charge in [0.15, 0.2) is 0 Å². The first-order valence-electron chi connectivity index (χ1n) is 6.18. The van der Waals surface area contributed by atoms with Gasteiger partial charge in [-0.25, -0.2) is 4.98 Å². The van der Waals surface area contributed by atoms with E-state index in [4.69, 9.17) is 51.1 Å². The van der Waals surface area contributed by atoms with E-state index in [1.54, 1.807) is 24.3 Å². The van der Waals surface area contributed by atoms with E-state index in [0.29, 0.717) is 18.0 Å². The van der Waals surface area contributed by atoms with Gasteiger partial charge in [-0.1, -0.05) is 46.4 Å². The Kier molecular flexibility index (Phi) is 5.75. The monoisotopic (exact) mass is 378 g/mol. The molecule has 8 heteroatoms. The van der Waals surface area contributed by atoms with E-state index in [0.717, 1.165) is 0 Å². The molecule has 1 aromatic heterocycles. The number of nitrogens with zero attached hydrogens (tertiary/aromatic N) is 1. The van der Waals surface area contributed by atoms with Crippen LogP contribution in [0.3, 0.4) is 0 Å². The van der Waals surface area contributed by atoms with Gasteiger partial charge in [0.2, 0.25) is 0 Å². The largest absolute Gasteiger partial charge is 0.494 e. The van der Waals surface area contributed by atoms with Gasteiger partial charge in [-0.05, 0) is 31.2 Å². The summed E-state index contributed by atoms with van der Waals surface area (Å²) < 4.78 is 5.32. The van der Waals surface area contributed by atoms with Crippen molar-refractivity contribution >= 4 is 58.0 Å². The highest BCUT2D eigenvalue weighted by molar-refractivity contribution is 6.52. The highest BCUT2D eigenvalue weighted by Gasteiger charge is 2.20. The van der Waals surface area contributed by atoms with Crippen molar-refractivity contribution in [3.05, 3.63) is 50.2 Å². The standard InChI is InChI=1S/C14H10Cl4N2O2/c1-2-22-8-5-3-7(4-6-8)19-14(21)12-10(16)9(15)11(17)13(18)20-12/h3-6H,2H2,1H3,(H,19,21). The molecule has 0 aliphatic rings. The number of benzene rings is 1. The zero-order chi connectivity index (χ0) is 16.3. The topological polar surface area (TPSA) is 51.2 Å². The number of anilines is 1. The van der Waals surface area contributed by atoms with Crippen molar-refractivity contribution in [2.24, 2.45) is 0 Å². The number of carbonyl (C=O) groups is 1. The lowest BCUT2D eigenvalue weighted by atomic mass is 10.2. The second kappa shape index (κ2) is 7.38. The SMILES string of the molecule is CCOc1ccc(NC(=O)c2nc(Cl)c(Cl)c(Cl)c2Cl)cc1. The number of pyridine rings is 1. The van der Waals surface area contributed by atoms with Crippen molar-refractivity contribution in [1.29, 1.82) is 0 Å². The van der Waals surface area contributed by atoms with Crippen LogP contribution in [-0.4, -0.2) is 17.5 Å². The lowest BCUT2D eigenvalue weighted by Crippen LogP contribution is -2.14. The second-order valence-electron chi connectivity index (χ2n) is 4.10. The fourth-order valence-corrected chi connectivity index (χ4v) is 2.44. The van der Waals surface area contributed by atoms with Crippen molar-refractivity contribution in [2.75, 3.05) is 11.9 Å². The lowest BCUT2D eigenvalue weighted by molar-refractivity contribution is 0.102. The minimum Gasteiger partial charge on any atom is -0.494 e. The van der Waals surface area contributed by atoms with Crippen LogP contribution >= 0.6 is 46.4 Å². The molecule has 2 rings (SSSR count). The molecule has 4 nitrogen and oxygen atoms in total. The third-order valence-corrected chi connectivity index (χ3v) is 4.30. The summed E-state index contributed by atoms with van der Waals surface area (Å²) in [7, 11) is 0. The van der Waals surface area contributed by atoms with Crippen molar-refractivity contribution in [1.82, 2.24) is 4.98 Å². The molecule has 116 valence electrons. The Morgan fingerprint density at radius 2 is 1.73 bits per heavy atom. The van der Waals surface area contributed by atoms with Crippen LogP contribution in [0.25, 0.3) is 0 Å². The van der Waals surface area contributed by atoms with Crippen molar-refractivity contribution in [2.45, 2.75) is 6.92 Å². The summed E-state index contributed by atoms with van der Waals surface area (Å²) in [6.45, 7) is 2.45. The fourth-order valence-electron chi connectivity index (χ4n) is 1.63. The Bertz CT molecular complexity index is 705. The van der Waals surface area contributed by atoms with E-state index in [-0.39, 0.29) is 25.9 Å². The number of ether oxygens (including phenoxy) is 1. The minimum atomic E-state index is -0.547. The molecule has 0 aliphatic carbocycles. The number of hydrogen-bond acceptors (Lipinski definition) is 3. The van der Waals surface area contributed by atoms with Crippen LogP contribution in [0.1, 0.15) is 17.4 Å². The van der Waals surface area contributed by atoms with Crippen molar-refractivity contribution < 1.29 is 9.53 Å². The van der Waals surface area contributed by atoms with Crippen molar-refractivity contribution in [3.8, 4) is 5.75 Å². The van der Waals surface area contributed by atoms with Gasteiger partial charge in [-0.2, -0.15) is 0 Å². The highest BCUT2D eigenvalue weighted by Crippen LogP contribution is 2.36. The number of nitrogens with one attached hydrogen (secondary N) is 1. The summed E-state index contributed by atoms with van der Waals surface area (Å²) >= 11 is 23.5. The Morgan fingerprint density at radius 1 is 1.09 bits per heavy atom. The minimum absolute atomic E-state index is 0.00551. The predicted octanol–water partition coefficient (Wildman–Crippen LogP) is 5.35. The van der Waals surface area contributed by atoms with Gasteiger partial charge >= 0.3 is 0 Å². The zero-order valence-electron chi connectivity index (χ0n) is 11.3. The number of halogens is 4. The Labute approximate surface area is 147 Å². The van der Waals surface area contributed by atoms with Gasteiger partial charge in [0, 0.05) is 5.69 Å². The molecule has 22 heavy (non-hydrogen) atoms. The Morgan fingerprint density at radius 3 is 2.32 bits per heavy atom. The number of carbonyl (C=O) groups excluding carboxylic acids is 1. The fraction of sp³-hybridized carbons (Fsp3) is 0.143. The van der Waals surface area contributed by atoms with E-state index < -0.39 is 5.91 Å². The zero-order valence-corrected chi connectivity index (χ0v) is 14.3. The van der Waals surface area contributed by atoms with Crippen LogP contribution in [0, 0.1) is 0 Å². The average Bonchev–Trinajstić information content (AvgIpc) is 2.51. The van der Waals surface area contributed by atoms with Gasteiger partial charge in [0.1, 0.15) is 16.6 Å². The molecule has 0 aliphatic heterocycles. The van der Waals surface area contributed by atoms with Crippen LogP contribution in [0.5, 0.6) is 5.75 Å². The summed E-state index contributed by atoms with van der Waals surface area (Å²) in [4.78, 5) is 16.1. The van der Waals surface area contributed by atoms with E-state index in [2.05, 4.69) is 10.3 Å². The maximum absolute atomic E-state index is 12.2. The van der Waals surface area contributed by atoms with Crippen LogP contribution in [0.2, 0.25) is 20.2 Å². The van der Waals surface area contributed by atoms with Crippen LogP contribution in [0.4, 0.5) is 5.69 Å². The number of hydrogen-bond donors (Lipinski definition) is 1. The maximum atomic E-state index is 12.2.